The number of hydrogen-bond acceptors (Lipinski definition) is 2. The fourth-order valence-electron chi connectivity index (χ4n) is 1.80. The number of aryl methyl sites for hydroxylation is 1. The lowest BCUT2D eigenvalue weighted by atomic mass is 10.0. The van der Waals surface area contributed by atoms with E-state index in [0.717, 1.165) is 16.9 Å². The van der Waals surface area contributed by atoms with E-state index < -0.39 is 0 Å². The third-order valence-electron chi connectivity index (χ3n) is 3.00. The number of nitrogens with zero attached hydrogens (tertiary/aromatic N) is 2. The summed E-state index contributed by atoms with van der Waals surface area (Å²) in [5.41, 5.74) is 4.09. The van der Waals surface area contributed by atoms with Crippen molar-refractivity contribution in [2.45, 2.75) is 33.3 Å². The molecule has 1 N–H and O–H groups in total. The van der Waals surface area contributed by atoms with Crippen molar-refractivity contribution >= 4 is 0 Å². The highest BCUT2D eigenvalue weighted by molar-refractivity contribution is 5.36. The second-order valence-electron chi connectivity index (χ2n) is 4.59. The van der Waals surface area contributed by atoms with E-state index in [-0.39, 0.29) is 6.61 Å². The molecule has 0 unspecified atom stereocenters. The molecular formula is C14H18N2O. The van der Waals surface area contributed by atoms with Gasteiger partial charge in [0.25, 0.3) is 0 Å². The highest BCUT2D eigenvalue weighted by Crippen LogP contribution is 2.17. The van der Waals surface area contributed by atoms with Crippen LogP contribution in [0.5, 0.6) is 0 Å². The van der Waals surface area contributed by atoms with Gasteiger partial charge >= 0.3 is 0 Å². The molecule has 0 aliphatic carbocycles. The summed E-state index contributed by atoms with van der Waals surface area (Å²) in [6.45, 7) is 6.30. The van der Waals surface area contributed by atoms with Crippen LogP contribution in [0.3, 0.4) is 0 Å². The monoisotopic (exact) mass is 230 g/mol. The average molecular weight is 230 g/mol. The lowest BCUT2D eigenvalue weighted by Crippen LogP contribution is -1.95. The topological polar surface area (TPSA) is 38.0 Å². The van der Waals surface area contributed by atoms with E-state index in [1.807, 2.05) is 17.8 Å². The Kier molecular flexibility index (Phi) is 3.29. The largest absolute Gasteiger partial charge is 0.392 e. The first-order valence-corrected chi connectivity index (χ1v) is 5.88. The van der Waals surface area contributed by atoms with Gasteiger partial charge in [0.2, 0.25) is 0 Å². The van der Waals surface area contributed by atoms with Crippen LogP contribution in [0.4, 0.5) is 0 Å². The summed E-state index contributed by atoms with van der Waals surface area (Å²) >= 11 is 0. The van der Waals surface area contributed by atoms with Crippen molar-refractivity contribution in [1.82, 2.24) is 9.78 Å². The number of aliphatic hydroxyl groups is 1. The molecule has 0 atom stereocenters. The summed E-state index contributed by atoms with van der Waals surface area (Å²) in [6.07, 6.45) is 1.87. The molecular weight excluding hydrogens is 212 g/mol. The summed E-state index contributed by atoms with van der Waals surface area (Å²) in [7, 11) is 0. The molecule has 1 aromatic carbocycles. The normalized spacial score (nSPS) is 11.1. The maximum absolute atomic E-state index is 9.14. The van der Waals surface area contributed by atoms with Gasteiger partial charge in [0.1, 0.15) is 0 Å². The minimum absolute atomic E-state index is 0.0376. The molecule has 90 valence electrons. The van der Waals surface area contributed by atoms with Crippen molar-refractivity contribution in [2.24, 2.45) is 0 Å². The zero-order chi connectivity index (χ0) is 12.4. The van der Waals surface area contributed by atoms with Crippen LogP contribution < -0.4 is 0 Å². The molecule has 0 fully saturated rings. The third-order valence-corrected chi connectivity index (χ3v) is 3.00. The lowest BCUT2D eigenvalue weighted by Gasteiger charge is -2.06. The highest BCUT2D eigenvalue weighted by atomic mass is 16.3. The van der Waals surface area contributed by atoms with E-state index in [0.29, 0.717) is 5.92 Å². The van der Waals surface area contributed by atoms with Gasteiger partial charge in [0.15, 0.2) is 0 Å². The van der Waals surface area contributed by atoms with Crippen molar-refractivity contribution in [1.29, 1.82) is 0 Å². The molecule has 0 saturated carbocycles. The van der Waals surface area contributed by atoms with Crippen LogP contribution in [-0.2, 0) is 6.61 Å². The quantitative estimate of drug-likeness (QED) is 0.880. The number of hydrogen-bond donors (Lipinski definition) is 1. The molecule has 0 aliphatic heterocycles. The number of rotatable bonds is 3. The molecule has 17 heavy (non-hydrogen) atoms. The third kappa shape index (κ3) is 2.39. The second-order valence-corrected chi connectivity index (χ2v) is 4.59. The summed E-state index contributed by atoms with van der Waals surface area (Å²) < 4.78 is 1.81. The maximum atomic E-state index is 9.14. The maximum Gasteiger partial charge on any atom is 0.0715 e. The first-order chi connectivity index (χ1) is 8.11. The Balaban J connectivity index is 2.33. The summed E-state index contributed by atoms with van der Waals surface area (Å²) in [6, 6.07) is 8.36. The minimum atomic E-state index is 0.0376. The van der Waals surface area contributed by atoms with Gasteiger partial charge in [-0.1, -0.05) is 26.0 Å². The van der Waals surface area contributed by atoms with Crippen LogP contribution >= 0.6 is 0 Å². The number of aromatic nitrogens is 2. The molecule has 0 spiro atoms. The van der Waals surface area contributed by atoms with Crippen LogP contribution in [0, 0.1) is 6.92 Å². The van der Waals surface area contributed by atoms with E-state index in [9.17, 15) is 0 Å². The van der Waals surface area contributed by atoms with Crippen LogP contribution in [0.1, 0.15) is 36.6 Å². The standard InChI is InChI=1S/C14H18N2O/c1-10(2)12-4-6-14(7-5-12)16-8-13(9-17)11(3)15-16/h4-8,10,17H,9H2,1-3H3. The van der Waals surface area contributed by atoms with Gasteiger partial charge in [-0.05, 0) is 30.5 Å². The molecule has 1 aromatic heterocycles. The first-order valence-electron chi connectivity index (χ1n) is 5.88. The molecule has 0 amide bonds. The van der Waals surface area contributed by atoms with Crippen LogP contribution in [0.2, 0.25) is 0 Å². The summed E-state index contributed by atoms with van der Waals surface area (Å²) in [4.78, 5) is 0. The van der Waals surface area contributed by atoms with Crippen molar-refractivity contribution in [3.8, 4) is 5.69 Å². The molecule has 3 heteroatoms. The Bertz CT molecular complexity index is 497. The Morgan fingerprint density at radius 2 is 1.88 bits per heavy atom. The molecule has 3 nitrogen and oxygen atoms in total. The van der Waals surface area contributed by atoms with Gasteiger partial charge in [-0.25, -0.2) is 4.68 Å². The van der Waals surface area contributed by atoms with Crippen LogP contribution in [-0.4, -0.2) is 14.9 Å². The highest BCUT2D eigenvalue weighted by Gasteiger charge is 2.05. The van der Waals surface area contributed by atoms with E-state index in [1.165, 1.54) is 5.56 Å². The van der Waals surface area contributed by atoms with E-state index >= 15 is 0 Å². The zero-order valence-corrected chi connectivity index (χ0v) is 10.5. The Labute approximate surface area is 102 Å². The van der Waals surface area contributed by atoms with E-state index in [1.54, 1.807) is 0 Å². The fraction of sp³-hybridized carbons (Fsp3) is 0.357. The zero-order valence-electron chi connectivity index (χ0n) is 10.5. The van der Waals surface area contributed by atoms with Crippen molar-refractivity contribution in [2.75, 3.05) is 0 Å². The molecule has 0 bridgehead atoms. The van der Waals surface area contributed by atoms with E-state index in [2.05, 4.69) is 43.2 Å². The van der Waals surface area contributed by atoms with Gasteiger partial charge in [0.05, 0.1) is 18.0 Å². The Morgan fingerprint density at radius 3 is 2.35 bits per heavy atom. The molecule has 0 radical (unpaired) electrons. The van der Waals surface area contributed by atoms with Crippen molar-refractivity contribution < 1.29 is 5.11 Å². The van der Waals surface area contributed by atoms with Crippen molar-refractivity contribution in [3.63, 3.8) is 0 Å². The number of benzene rings is 1. The molecule has 0 saturated heterocycles. The van der Waals surface area contributed by atoms with Gasteiger partial charge in [-0.15, -0.1) is 0 Å². The van der Waals surface area contributed by atoms with Crippen molar-refractivity contribution in [3.05, 3.63) is 47.3 Å². The van der Waals surface area contributed by atoms with Gasteiger partial charge in [0, 0.05) is 11.8 Å². The summed E-state index contributed by atoms with van der Waals surface area (Å²) in [5, 5.41) is 13.5. The molecule has 0 aliphatic rings. The summed E-state index contributed by atoms with van der Waals surface area (Å²) in [5.74, 6) is 0.538. The number of aliphatic hydroxyl groups excluding tert-OH is 1. The Hall–Kier alpha value is -1.61. The lowest BCUT2D eigenvalue weighted by molar-refractivity contribution is 0.281. The predicted octanol–water partition coefficient (Wildman–Crippen LogP) is 2.80. The second kappa shape index (κ2) is 4.72. The first kappa shape index (κ1) is 11.9. The molecule has 1 heterocycles. The Morgan fingerprint density at radius 1 is 1.24 bits per heavy atom. The smallest absolute Gasteiger partial charge is 0.0715 e. The minimum Gasteiger partial charge on any atom is -0.392 e. The predicted molar refractivity (Wildman–Crippen MR) is 68.3 cm³/mol. The average Bonchev–Trinajstić information content (AvgIpc) is 2.70. The molecule has 2 rings (SSSR count). The van der Waals surface area contributed by atoms with E-state index in [4.69, 9.17) is 5.11 Å². The van der Waals surface area contributed by atoms with Gasteiger partial charge in [-0.2, -0.15) is 5.10 Å². The van der Waals surface area contributed by atoms with Gasteiger partial charge < -0.3 is 5.11 Å². The molecule has 2 aromatic rings. The SMILES string of the molecule is Cc1nn(-c2ccc(C(C)C)cc2)cc1CO. The van der Waals surface area contributed by atoms with Crippen LogP contribution in [0.15, 0.2) is 30.5 Å². The van der Waals surface area contributed by atoms with Gasteiger partial charge in [-0.3, -0.25) is 0 Å². The van der Waals surface area contributed by atoms with Crippen LogP contribution in [0.25, 0.3) is 5.69 Å². The fourth-order valence-corrected chi connectivity index (χ4v) is 1.80.